The van der Waals surface area contributed by atoms with Crippen molar-refractivity contribution in [3.63, 3.8) is 0 Å². The molecule has 2 fully saturated rings. The summed E-state index contributed by atoms with van der Waals surface area (Å²) in [6.07, 6.45) is -0.170. The molecule has 1 saturated carbocycles. The van der Waals surface area contributed by atoms with Crippen LogP contribution in [0.3, 0.4) is 0 Å². The van der Waals surface area contributed by atoms with Gasteiger partial charge in [-0.25, -0.2) is 4.79 Å². The standard InChI is InChI=1S/C24H30N2O2/c1-24(2,3)28-23(27)26-16-20-21(17-26)22(20)25(14-18-10-6-4-7-11-18)15-19-12-8-5-9-13-19/h4-13,20-22H,14-17H2,1-3H3/t20-,21+,22?. The van der Waals surface area contributed by atoms with Crippen LogP contribution in [0.2, 0.25) is 0 Å². The number of fused-ring (bicyclic) bond motifs is 1. The molecule has 1 aliphatic heterocycles. The van der Waals surface area contributed by atoms with Crippen LogP contribution in [0.5, 0.6) is 0 Å². The second-order valence-electron chi connectivity index (χ2n) is 9.08. The molecule has 2 aliphatic rings. The van der Waals surface area contributed by atoms with Crippen molar-refractivity contribution in [2.45, 2.75) is 45.5 Å². The zero-order valence-electron chi connectivity index (χ0n) is 17.0. The van der Waals surface area contributed by atoms with Crippen molar-refractivity contribution in [2.75, 3.05) is 13.1 Å². The minimum absolute atomic E-state index is 0.170. The van der Waals surface area contributed by atoms with Gasteiger partial charge in [-0.3, -0.25) is 4.90 Å². The minimum Gasteiger partial charge on any atom is -0.444 e. The zero-order valence-corrected chi connectivity index (χ0v) is 17.0. The Hall–Kier alpha value is -2.33. The van der Waals surface area contributed by atoms with E-state index >= 15 is 0 Å². The molecule has 148 valence electrons. The quantitative estimate of drug-likeness (QED) is 0.765. The van der Waals surface area contributed by atoms with Crippen LogP contribution in [-0.2, 0) is 17.8 Å². The summed E-state index contributed by atoms with van der Waals surface area (Å²) < 4.78 is 5.55. The van der Waals surface area contributed by atoms with Gasteiger partial charge < -0.3 is 9.64 Å². The van der Waals surface area contributed by atoms with Crippen molar-refractivity contribution in [3.8, 4) is 0 Å². The highest BCUT2D eigenvalue weighted by atomic mass is 16.6. The molecule has 1 amide bonds. The first-order valence-corrected chi connectivity index (χ1v) is 10.2. The first-order chi connectivity index (χ1) is 13.4. The molecule has 1 unspecified atom stereocenters. The van der Waals surface area contributed by atoms with E-state index in [1.165, 1.54) is 11.1 Å². The Morgan fingerprint density at radius 2 is 1.39 bits per heavy atom. The maximum atomic E-state index is 12.4. The van der Waals surface area contributed by atoms with Crippen LogP contribution in [0.4, 0.5) is 4.79 Å². The molecular formula is C24H30N2O2. The van der Waals surface area contributed by atoms with Crippen molar-refractivity contribution >= 4 is 6.09 Å². The van der Waals surface area contributed by atoms with Crippen LogP contribution in [0.1, 0.15) is 31.9 Å². The van der Waals surface area contributed by atoms with Gasteiger partial charge in [0.05, 0.1) is 0 Å². The molecule has 1 heterocycles. The number of piperidine rings is 1. The van der Waals surface area contributed by atoms with Crippen LogP contribution in [0, 0.1) is 11.8 Å². The van der Waals surface area contributed by atoms with Gasteiger partial charge in [0.15, 0.2) is 0 Å². The molecule has 2 aromatic carbocycles. The number of ether oxygens (including phenoxy) is 1. The Balaban J connectivity index is 1.42. The molecule has 1 saturated heterocycles. The van der Waals surface area contributed by atoms with E-state index in [4.69, 9.17) is 4.74 Å². The van der Waals surface area contributed by atoms with Gasteiger partial charge in [-0.05, 0) is 43.7 Å². The zero-order chi connectivity index (χ0) is 19.7. The predicted molar refractivity (Wildman–Crippen MR) is 111 cm³/mol. The second-order valence-corrected chi connectivity index (χ2v) is 9.08. The fourth-order valence-electron chi connectivity index (χ4n) is 4.41. The summed E-state index contributed by atoms with van der Waals surface area (Å²) in [5.74, 6) is 1.11. The van der Waals surface area contributed by atoms with Gasteiger partial charge in [0.2, 0.25) is 0 Å². The van der Waals surface area contributed by atoms with E-state index in [2.05, 4.69) is 65.6 Å². The molecule has 4 rings (SSSR count). The Bertz CT molecular complexity index is 747. The number of rotatable bonds is 5. The summed E-state index contributed by atoms with van der Waals surface area (Å²) in [5, 5.41) is 0. The molecule has 0 N–H and O–H groups in total. The topological polar surface area (TPSA) is 32.8 Å². The second kappa shape index (κ2) is 7.59. The van der Waals surface area contributed by atoms with E-state index in [1.54, 1.807) is 0 Å². The normalized spacial score (nSPS) is 23.6. The van der Waals surface area contributed by atoms with E-state index < -0.39 is 5.60 Å². The van der Waals surface area contributed by atoms with E-state index in [0.717, 1.165) is 26.2 Å². The molecule has 0 bridgehead atoms. The van der Waals surface area contributed by atoms with E-state index in [-0.39, 0.29) is 6.09 Å². The molecule has 0 aromatic heterocycles. The van der Waals surface area contributed by atoms with Crippen LogP contribution < -0.4 is 0 Å². The number of nitrogens with zero attached hydrogens (tertiary/aromatic N) is 2. The predicted octanol–water partition coefficient (Wildman–Crippen LogP) is 4.55. The van der Waals surface area contributed by atoms with E-state index in [1.807, 2.05) is 25.7 Å². The van der Waals surface area contributed by atoms with Crippen molar-refractivity contribution in [3.05, 3.63) is 71.8 Å². The largest absolute Gasteiger partial charge is 0.444 e. The number of carbonyl (C=O) groups is 1. The summed E-state index contributed by atoms with van der Waals surface area (Å²) in [6.45, 7) is 9.28. The van der Waals surface area contributed by atoms with Gasteiger partial charge in [-0.1, -0.05) is 60.7 Å². The first-order valence-electron chi connectivity index (χ1n) is 10.2. The Morgan fingerprint density at radius 1 is 0.929 bits per heavy atom. The summed E-state index contributed by atoms with van der Waals surface area (Å²) in [4.78, 5) is 16.9. The van der Waals surface area contributed by atoms with Gasteiger partial charge in [0.25, 0.3) is 0 Å². The van der Waals surface area contributed by atoms with E-state index in [9.17, 15) is 4.79 Å². The molecule has 3 atom stereocenters. The lowest BCUT2D eigenvalue weighted by Crippen LogP contribution is -2.40. The molecule has 2 aromatic rings. The van der Waals surface area contributed by atoms with Crippen LogP contribution >= 0.6 is 0 Å². The molecular weight excluding hydrogens is 348 g/mol. The number of benzene rings is 2. The summed E-state index contributed by atoms with van der Waals surface area (Å²) >= 11 is 0. The number of carbonyl (C=O) groups excluding carboxylic acids is 1. The summed E-state index contributed by atoms with van der Waals surface area (Å²) in [5.41, 5.74) is 2.25. The van der Waals surface area contributed by atoms with Gasteiger partial charge >= 0.3 is 6.09 Å². The highest BCUT2D eigenvalue weighted by molar-refractivity contribution is 5.69. The van der Waals surface area contributed by atoms with Crippen molar-refractivity contribution in [1.82, 2.24) is 9.80 Å². The minimum atomic E-state index is -0.435. The lowest BCUT2D eigenvalue weighted by molar-refractivity contribution is 0.0253. The Labute approximate surface area is 168 Å². The van der Waals surface area contributed by atoms with Gasteiger partial charge in [0.1, 0.15) is 5.60 Å². The Morgan fingerprint density at radius 3 is 1.82 bits per heavy atom. The third kappa shape index (κ3) is 4.39. The smallest absolute Gasteiger partial charge is 0.410 e. The molecule has 1 aliphatic carbocycles. The van der Waals surface area contributed by atoms with E-state index in [0.29, 0.717) is 17.9 Å². The Kier molecular flexibility index (Phi) is 5.15. The molecule has 4 nitrogen and oxygen atoms in total. The molecule has 4 heteroatoms. The van der Waals surface area contributed by atoms with Crippen molar-refractivity contribution in [1.29, 1.82) is 0 Å². The number of hydrogen-bond acceptors (Lipinski definition) is 3. The maximum absolute atomic E-state index is 12.4. The molecule has 0 spiro atoms. The van der Waals surface area contributed by atoms with Crippen LogP contribution in [0.25, 0.3) is 0 Å². The van der Waals surface area contributed by atoms with Crippen LogP contribution in [0.15, 0.2) is 60.7 Å². The third-order valence-corrected chi connectivity index (χ3v) is 5.68. The van der Waals surface area contributed by atoms with Crippen LogP contribution in [-0.4, -0.2) is 40.6 Å². The third-order valence-electron chi connectivity index (χ3n) is 5.68. The maximum Gasteiger partial charge on any atom is 0.410 e. The van der Waals surface area contributed by atoms with Gasteiger partial charge in [-0.2, -0.15) is 0 Å². The molecule has 0 radical (unpaired) electrons. The fourth-order valence-corrected chi connectivity index (χ4v) is 4.41. The number of amides is 1. The number of hydrogen-bond donors (Lipinski definition) is 0. The highest BCUT2D eigenvalue weighted by Crippen LogP contribution is 2.50. The van der Waals surface area contributed by atoms with Gasteiger partial charge in [0, 0.05) is 32.2 Å². The lowest BCUT2D eigenvalue weighted by Gasteiger charge is -2.29. The molecule has 28 heavy (non-hydrogen) atoms. The fraction of sp³-hybridized carbons (Fsp3) is 0.458. The average molecular weight is 379 g/mol. The summed E-state index contributed by atoms with van der Waals surface area (Å²) in [6, 6.07) is 21.9. The van der Waals surface area contributed by atoms with Crippen molar-refractivity contribution in [2.24, 2.45) is 11.8 Å². The lowest BCUT2D eigenvalue weighted by atomic mass is 10.1. The highest BCUT2D eigenvalue weighted by Gasteiger charge is 2.59. The monoisotopic (exact) mass is 378 g/mol. The first kappa shape index (κ1) is 19.0. The van der Waals surface area contributed by atoms with Gasteiger partial charge in [-0.15, -0.1) is 0 Å². The summed E-state index contributed by atoms with van der Waals surface area (Å²) in [7, 11) is 0. The average Bonchev–Trinajstić information content (AvgIpc) is 3.14. The number of likely N-dealkylation sites (tertiary alicyclic amines) is 1. The van der Waals surface area contributed by atoms with Crippen molar-refractivity contribution < 1.29 is 9.53 Å². The SMILES string of the molecule is CC(C)(C)OC(=O)N1C[C@@H]2C(N(Cc3ccccc3)Cc3ccccc3)[C@@H]2C1.